The summed E-state index contributed by atoms with van der Waals surface area (Å²) in [5.74, 6) is -1.46. The summed E-state index contributed by atoms with van der Waals surface area (Å²) in [5.41, 5.74) is 0.961. The fourth-order valence-corrected chi connectivity index (χ4v) is 2.43. The van der Waals surface area contributed by atoms with Crippen LogP contribution in [0.5, 0.6) is 0 Å². The molecule has 1 amide bonds. The second-order valence-corrected chi connectivity index (χ2v) is 5.50. The topological polar surface area (TPSA) is 102 Å². The highest BCUT2D eigenvalue weighted by Gasteiger charge is 2.27. The molecule has 2 N–H and O–H groups in total. The summed E-state index contributed by atoms with van der Waals surface area (Å²) in [7, 11) is 1.46. The van der Waals surface area contributed by atoms with Crippen molar-refractivity contribution in [1.82, 2.24) is 10.5 Å². The Bertz CT molecular complexity index is 744. The predicted molar refractivity (Wildman–Crippen MR) is 87.1 cm³/mol. The van der Waals surface area contributed by atoms with E-state index >= 15 is 0 Å². The largest absolute Gasteiger partial charge is 0.480 e. The quantitative estimate of drug-likeness (QED) is 0.794. The molecule has 0 aliphatic rings. The highest BCUT2D eigenvalue weighted by molar-refractivity contribution is 6.33. The number of carbonyl (C=O) groups is 2. The van der Waals surface area contributed by atoms with Gasteiger partial charge in [-0.25, -0.2) is 4.79 Å². The molecule has 2 rings (SSSR count). The first-order chi connectivity index (χ1) is 11.5. The summed E-state index contributed by atoms with van der Waals surface area (Å²) < 4.78 is 9.97. The lowest BCUT2D eigenvalue weighted by molar-refractivity contribution is -0.139. The number of halogens is 1. The molecule has 1 aromatic carbocycles. The van der Waals surface area contributed by atoms with E-state index in [2.05, 4.69) is 10.5 Å². The summed E-state index contributed by atoms with van der Waals surface area (Å²) in [6.07, 6.45) is 0.142. The monoisotopic (exact) mass is 352 g/mol. The van der Waals surface area contributed by atoms with Gasteiger partial charge in [-0.2, -0.15) is 0 Å². The lowest BCUT2D eigenvalue weighted by Crippen LogP contribution is -2.41. The van der Waals surface area contributed by atoms with Gasteiger partial charge in [0.1, 0.15) is 23.1 Å². The first kappa shape index (κ1) is 18.0. The third-order valence-electron chi connectivity index (χ3n) is 3.43. The molecule has 24 heavy (non-hydrogen) atoms. The van der Waals surface area contributed by atoms with Crippen molar-refractivity contribution in [3.63, 3.8) is 0 Å². The van der Waals surface area contributed by atoms with Gasteiger partial charge in [0.05, 0.1) is 5.02 Å². The van der Waals surface area contributed by atoms with Crippen molar-refractivity contribution in [2.75, 3.05) is 13.7 Å². The minimum absolute atomic E-state index is 0.142. The molecule has 0 saturated heterocycles. The van der Waals surface area contributed by atoms with E-state index in [0.717, 1.165) is 0 Å². The van der Waals surface area contributed by atoms with Gasteiger partial charge in [0.2, 0.25) is 0 Å². The van der Waals surface area contributed by atoms with Crippen LogP contribution < -0.4 is 5.32 Å². The number of methoxy groups -OCH3 is 1. The molecule has 0 spiro atoms. The van der Waals surface area contributed by atoms with Crippen molar-refractivity contribution in [1.29, 1.82) is 0 Å². The number of ether oxygens (including phenoxy) is 1. The standard InChI is InChI=1S/C16H17ClN2O5/c1-9-13(15(20)18-12(16(21)22)7-8-23-2)14(19-24-9)10-5-3-4-6-11(10)17/h3-6,12H,7-8H2,1-2H3,(H,18,20)(H,21,22). The lowest BCUT2D eigenvalue weighted by atomic mass is 10.0. The lowest BCUT2D eigenvalue weighted by Gasteiger charge is -2.14. The first-order valence-corrected chi connectivity index (χ1v) is 7.57. The Balaban J connectivity index is 2.32. The number of hydrogen-bond donors (Lipinski definition) is 2. The molecule has 0 aliphatic heterocycles. The number of carboxylic acid groups (broad SMARTS) is 1. The Hall–Kier alpha value is -2.38. The van der Waals surface area contributed by atoms with Gasteiger partial charge in [0, 0.05) is 25.7 Å². The van der Waals surface area contributed by atoms with Gasteiger partial charge in [0.15, 0.2) is 0 Å². The number of carbonyl (C=O) groups excluding carboxylic acids is 1. The van der Waals surface area contributed by atoms with E-state index in [9.17, 15) is 14.7 Å². The van der Waals surface area contributed by atoms with E-state index in [4.69, 9.17) is 20.9 Å². The smallest absolute Gasteiger partial charge is 0.326 e. The van der Waals surface area contributed by atoms with Crippen molar-refractivity contribution in [2.45, 2.75) is 19.4 Å². The Morgan fingerprint density at radius 1 is 1.42 bits per heavy atom. The fourth-order valence-electron chi connectivity index (χ4n) is 2.20. The van der Waals surface area contributed by atoms with Crippen LogP contribution in [0.1, 0.15) is 22.5 Å². The predicted octanol–water partition coefficient (Wildman–Crippen LogP) is 2.52. The van der Waals surface area contributed by atoms with Gasteiger partial charge < -0.3 is 19.7 Å². The zero-order valence-electron chi connectivity index (χ0n) is 13.2. The second kappa shape index (κ2) is 7.94. The highest BCUT2D eigenvalue weighted by atomic mass is 35.5. The normalized spacial score (nSPS) is 12.0. The second-order valence-electron chi connectivity index (χ2n) is 5.09. The molecule has 0 saturated carbocycles. The number of nitrogens with one attached hydrogen (secondary N) is 1. The summed E-state index contributed by atoms with van der Waals surface area (Å²) in [4.78, 5) is 23.8. The molecular weight excluding hydrogens is 336 g/mol. The van der Waals surface area contributed by atoms with Crippen LogP contribution in [0.25, 0.3) is 11.3 Å². The number of carboxylic acids is 1. The third-order valence-corrected chi connectivity index (χ3v) is 3.76. The van der Waals surface area contributed by atoms with Crippen LogP contribution in [0.15, 0.2) is 28.8 Å². The van der Waals surface area contributed by atoms with Crippen LogP contribution in [0.2, 0.25) is 5.02 Å². The number of benzene rings is 1. The average molecular weight is 353 g/mol. The maximum absolute atomic E-state index is 12.6. The van der Waals surface area contributed by atoms with E-state index in [0.29, 0.717) is 10.6 Å². The third kappa shape index (κ3) is 3.93. The van der Waals surface area contributed by atoms with E-state index in [-0.39, 0.29) is 30.0 Å². The molecule has 0 fully saturated rings. The Morgan fingerprint density at radius 3 is 2.75 bits per heavy atom. The van der Waals surface area contributed by atoms with E-state index in [1.807, 2.05) is 0 Å². The molecular formula is C16H17ClN2O5. The minimum Gasteiger partial charge on any atom is -0.480 e. The number of aromatic nitrogens is 1. The zero-order chi connectivity index (χ0) is 17.7. The van der Waals surface area contributed by atoms with Crippen LogP contribution >= 0.6 is 11.6 Å². The number of hydrogen-bond acceptors (Lipinski definition) is 5. The summed E-state index contributed by atoms with van der Waals surface area (Å²) in [6.45, 7) is 1.78. The molecule has 0 bridgehead atoms. The highest BCUT2D eigenvalue weighted by Crippen LogP contribution is 2.30. The maximum Gasteiger partial charge on any atom is 0.326 e. The average Bonchev–Trinajstić information content (AvgIpc) is 2.93. The van der Waals surface area contributed by atoms with E-state index < -0.39 is 17.9 Å². The number of rotatable bonds is 7. The summed E-state index contributed by atoms with van der Waals surface area (Å²) in [6, 6.07) is 5.80. The van der Waals surface area contributed by atoms with E-state index in [1.54, 1.807) is 31.2 Å². The van der Waals surface area contributed by atoms with Gasteiger partial charge >= 0.3 is 5.97 Å². The number of nitrogens with zero attached hydrogens (tertiary/aromatic N) is 1. The van der Waals surface area contributed by atoms with Crippen LogP contribution in [-0.2, 0) is 9.53 Å². The molecule has 1 atom stereocenters. The Labute approximate surface area is 143 Å². The molecule has 0 aliphatic carbocycles. The van der Waals surface area contributed by atoms with Crippen molar-refractivity contribution in [3.05, 3.63) is 40.6 Å². The van der Waals surface area contributed by atoms with Crippen molar-refractivity contribution < 1.29 is 24.0 Å². The molecule has 128 valence electrons. The Morgan fingerprint density at radius 2 is 2.12 bits per heavy atom. The zero-order valence-corrected chi connectivity index (χ0v) is 14.0. The van der Waals surface area contributed by atoms with Crippen LogP contribution in [0, 0.1) is 6.92 Å². The van der Waals surface area contributed by atoms with Crippen LogP contribution in [0.4, 0.5) is 0 Å². The molecule has 1 heterocycles. The molecule has 1 aromatic heterocycles. The van der Waals surface area contributed by atoms with Gasteiger partial charge in [-0.3, -0.25) is 4.79 Å². The van der Waals surface area contributed by atoms with E-state index in [1.165, 1.54) is 7.11 Å². The molecule has 2 aromatic rings. The summed E-state index contributed by atoms with van der Waals surface area (Å²) in [5, 5.41) is 16.0. The van der Waals surface area contributed by atoms with Gasteiger partial charge in [-0.1, -0.05) is 35.0 Å². The van der Waals surface area contributed by atoms with Gasteiger partial charge in [-0.05, 0) is 13.0 Å². The van der Waals surface area contributed by atoms with Crippen LogP contribution in [-0.4, -0.2) is 41.9 Å². The molecule has 8 heteroatoms. The molecule has 1 unspecified atom stereocenters. The SMILES string of the molecule is COCCC(NC(=O)c1c(-c2ccccc2Cl)noc1C)C(=O)O. The fraction of sp³-hybridized carbons (Fsp3) is 0.312. The first-order valence-electron chi connectivity index (χ1n) is 7.19. The van der Waals surface area contributed by atoms with Crippen molar-refractivity contribution >= 4 is 23.5 Å². The van der Waals surface area contributed by atoms with Gasteiger partial charge in [0.25, 0.3) is 5.91 Å². The molecule has 7 nitrogen and oxygen atoms in total. The maximum atomic E-state index is 12.6. The van der Waals surface area contributed by atoms with Gasteiger partial charge in [-0.15, -0.1) is 0 Å². The Kier molecular flexibility index (Phi) is 5.94. The molecule has 0 radical (unpaired) electrons. The minimum atomic E-state index is -1.14. The summed E-state index contributed by atoms with van der Waals surface area (Å²) >= 11 is 6.15. The number of aryl methyl sites for hydroxylation is 1. The number of aliphatic carboxylic acids is 1. The van der Waals surface area contributed by atoms with Crippen LogP contribution in [0.3, 0.4) is 0 Å². The van der Waals surface area contributed by atoms with Crippen molar-refractivity contribution in [3.8, 4) is 11.3 Å². The van der Waals surface area contributed by atoms with Crippen molar-refractivity contribution in [2.24, 2.45) is 0 Å². The number of amides is 1.